The molecule has 84 valence electrons. The third-order valence-electron chi connectivity index (χ3n) is 2.08. The summed E-state index contributed by atoms with van der Waals surface area (Å²) in [6, 6.07) is 5.58. The van der Waals surface area contributed by atoms with Gasteiger partial charge >= 0.3 is 5.97 Å². The van der Waals surface area contributed by atoms with E-state index in [4.69, 9.17) is 10.4 Å². The molecule has 0 saturated carbocycles. The van der Waals surface area contributed by atoms with Crippen LogP contribution in [0.15, 0.2) is 12.1 Å². The quantitative estimate of drug-likeness (QED) is 0.733. The molecule has 0 aliphatic rings. The van der Waals surface area contributed by atoms with Crippen molar-refractivity contribution in [1.82, 2.24) is 4.98 Å². The van der Waals surface area contributed by atoms with Crippen LogP contribution >= 0.6 is 0 Å². The number of nitrogens with one attached hydrogen (secondary N) is 1. The van der Waals surface area contributed by atoms with Gasteiger partial charge in [0.25, 0.3) is 0 Å². The van der Waals surface area contributed by atoms with Gasteiger partial charge in [-0.3, -0.25) is 4.79 Å². The second kappa shape index (κ2) is 5.71. The number of carbonyl (C=O) groups is 1. The van der Waals surface area contributed by atoms with Crippen molar-refractivity contribution < 1.29 is 9.90 Å². The monoisotopic (exact) mass is 219 g/mol. The van der Waals surface area contributed by atoms with Gasteiger partial charge < -0.3 is 10.4 Å². The average molecular weight is 219 g/mol. The summed E-state index contributed by atoms with van der Waals surface area (Å²) >= 11 is 0. The SMILES string of the molecule is Cc1ccc(NCCCC(=O)O)nc1C#N. The molecular formula is C11H13N3O2. The molecule has 0 atom stereocenters. The van der Waals surface area contributed by atoms with E-state index >= 15 is 0 Å². The van der Waals surface area contributed by atoms with E-state index in [0.717, 1.165) is 5.56 Å². The summed E-state index contributed by atoms with van der Waals surface area (Å²) < 4.78 is 0. The van der Waals surface area contributed by atoms with Gasteiger partial charge in [-0.2, -0.15) is 5.26 Å². The lowest BCUT2D eigenvalue weighted by Crippen LogP contribution is -2.06. The predicted molar refractivity (Wildman–Crippen MR) is 59.0 cm³/mol. The smallest absolute Gasteiger partial charge is 0.303 e. The summed E-state index contributed by atoms with van der Waals surface area (Å²) in [5.41, 5.74) is 1.22. The Hall–Kier alpha value is -2.09. The molecule has 1 aromatic rings. The predicted octanol–water partition coefficient (Wildman–Crippen LogP) is 1.54. The number of anilines is 1. The Morgan fingerprint density at radius 3 is 3.00 bits per heavy atom. The van der Waals surface area contributed by atoms with E-state index in [1.54, 1.807) is 6.07 Å². The molecule has 0 amide bonds. The first-order chi connectivity index (χ1) is 7.63. The number of pyridine rings is 1. The van der Waals surface area contributed by atoms with Gasteiger partial charge in [0, 0.05) is 13.0 Å². The van der Waals surface area contributed by atoms with Gasteiger partial charge in [-0.25, -0.2) is 4.98 Å². The molecule has 0 unspecified atom stereocenters. The highest BCUT2D eigenvalue weighted by Gasteiger charge is 2.01. The van der Waals surface area contributed by atoms with Crippen molar-refractivity contribution in [3.05, 3.63) is 23.4 Å². The van der Waals surface area contributed by atoms with Gasteiger partial charge in [-0.15, -0.1) is 0 Å². The molecule has 0 spiro atoms. The van der Waals surface area contributed by atoms with E-state index in [1.807, 2.05) is 19.1 Å². The van der Waals surface area contributed by atoms with Crippen molar-refractivity contribution in [2.24, 2.45) is 0 Å². The van der Waals surface area contributed by atoms with Gasteiger partial charge in [0.05, 0.1) is 0 Å². The summed E-state index contributed by atoms with van der Waals surface area (Å²) in [7, 11) is 0. The number of rotatable bonds is 5. The van der Waals surface area contributed by atoms with E-state index in [9.17, 15) is 4.79 Å². The maximum atomic E-state index is 10.3. The highest BCUT2D eigenvalue weighted by Crippen LogP contribution is 2.09. The zero-order valence-electron chi connectivity index (χ0n) is 9.03. The molecular weight excluding hydrogens is 206 g/mol. The summed E-state index contributed by atoms with van der Waals surface area (Å²) in [5, 5.41) is 20.2. The van der Waals surface area contributed by atoms with Crippen LogP contribution in [0.1, 0.15) is 24.1 Å². The highest BCUT2D eigenvalue weighted by atomic mass is 16.4. The van der Waals surface area contributed by atoms with Crippen LogP contribution in [0.2, 0.25) is 0 Å². The third-order valence-corrected chi connectivity index (χ3v) is 2.08. The summed E-state index contributed by atoms with van der Waals surface area (Å²) in [5.74, 6) is -0.205. The van der Waals surface area contributed by atoms with Gasteiger partial charge in [0.1, 0.15) is 17.6 Å². The maximum absolute atomic E-state index is 10.3. The molecule has 16 heavy (non-hydrogen) atoms. The zero-order valence-corrected chi connectivity index (χ0v) is 9.03. The van der Waals surface area contributed by atoms with E-state index < -0.39 is 5.97 Å². The van der Waals surface area contributed by atoms with Crippen LogP contribution in [0, 0.1) is 18.3 Å². The van der Waals surface area contributed by atoms with Crippen molar-refractivity contribution in [3.8, 4) is 6.07 Å². The first kappa shape index (κ1) is 12.0. The van der Waals surface area contributed by atoms with Crippen molar-refractivity contribution in [2.75, 3.05) is 11.9 Å². The molecule has 0 saturated heterocycles. The normalized spacial score (nSPS) is 9.50. The molecule has 0 aliphatic carbocycles. The number of carboxylic acids is 1. The molecule has 0 aliphatic heterocycles. The van der Waals surface area contributed by atoms with Crippen LogP contribution in [0.4, 0.5) is 5.82 Å². The van der Waals surface area contributed by atoms with Gasteiger partial charge in [-0.05, 0) is 25.0 Å². The van der Waals surface area contributed by atoms with E-state index in [0.29, 0.717) is 24.5 Å². The Morgan fingerprint density at radius 1 is 1.62 bits per heavy atom. The lowest BCUT2D eigenvalue weighted by atomic mass is 10.2. The van der Waals surface area contributed by atoms with Crippen LogP contribution < -0.4 is 5.32 Å². The van der Waals surface area contributed by atoms with Crippen molar-refractivity contribution in [2.45, 2.75) is 19.8 Å². The molecule has 5 nitrogen and oxygen atoms in total. The van der Waals surface area contributed by atoms with Crippen molar-refractivity contribution in [1.29, 1.82) is 5.26 Å². The standard InChI is InChI=1S/C11H13N3O2/c1-8-4-5-10(14-9(8)7-12)13-6-2-3-11(15)16/h4-5H,2-3,6H2,1H3,(H,13,14)(H,15,16). The number of aromatic nitrogens is 1. The molecule has 0 fully saturated rings. The maximum Gasteiger partial charge on any atom is 0.303 e. The number of carboxylic acid groups (broad SMARTS) is 1. The summed E-state index contributed by atoms with van der Waals surface area (Å²) in [4.78, 5) is 14.4. The second-order valence-corrected chi connectivity index (χ2v) is 3.40. The number of nitrogens with zero attached hydrogens (tertiary/aromatic N) is 2. The molecule has 1 rings (SSSR count). The largest absolute Gasteiger partial charge is 0.481 e. The topological polar surface area (TPSA) is 86.0 Å². The van der Waals surface area contributed by atoms with Gasteiger partial charge in [0.2, 0.25) is 0 Å². The molecule has 1 aromatic heterocycles. The number of hydrogen-bond donors (Lipinski definition) is 2. The number of nitriles is 1. The van der Waals surface area contributed by atoms with Crippen LogP contribution in [-0.2, 0) is 4.79 Å². The molecule has 0 aromatic carbocycles. The van der Waals surface area contributed by atoms with Crippen LogP contribution in [0.5, 0.6) is 0 Å². The highest BCUT2D eigenvalue weighted by molar-refractivity contribution is 5.66. The van der Waals surface area contributed by atoms with Crippen LogP contribution in [-0.4, -0.2) is 22.6 Å². The Kier molecular flexibility index (Phi) is 4.28. The summed E-state index contributed by atoms with van der Waals surface area (Å²) in [6.45, 7) is 2.35. The van der Waals surface area contributed by atoms with Crippen LogP contribution in [0.3, 0.4) is 0 Å². The van der Waals surface area contributed by atoms with Crippen LogP contribution in [0.25, 0.3) is 0 Å². The molecule has 0 bridgehead atoms. The first-order valence-electron chi connectivity index (χ1n) is 4.97. The fourth-order valence-corrected chi connectivity index (χ4v) is 1.20. The first-order valence-corrected chi connectivity index (χ1v) is 4.97. The Balaban J connectivity index is 2.49. The van der Waals surface area contributed by atoms with Crippen molar-refractivity contribution >= 4 is 11.8 Å². The number of aryl methyl sites for hydroxylation is 1. The molecule has 0 radical (unpaired) electrons. The van der Waals surface area contributed by atoms with Gasteiger partial charge in [-0.1, -0.05) is 6.07 Å². The minimum atomic E-state index is -0.809. The molecule has 1 heterocycles. The summed E-state index contributed by atoms with van der Waals surface area (Å²) in [6.07, 6.45) is 0.663. The minimum Gasteiger partial charge on any atom is -0.481 e. The fraction of sp³-hybridized carbons (Fsp3) is 0.364. The third kappa shape index (κ3) is 3.58. The zero-order chi connectivity index (χ0) is 12.0. The van der Waals surface area contributed by atoms with E-state index in [-0.39, 0.29) is 6.42 Å². The lowest BCUT2D eigenvalue weighted by Gasteiger charge is -2.05. The Labute approximate surface area is 93.7 Å². The van der Waals surface area contributed by atoms with Gasteiger partial charge in [0.15, 0.2) is 0 Å². The number of hydrogen-bond acceptors (Lipinski definition) is 4. The fourth-order valence-electron chi connectivity index (χ4n) is 1.20. The second-order valence-electron chi connectivity index (χ2n) is 3.40. The van der Waals surface area contributed by atoms with Crippen molar-refractivity contribution in [3.63, 3.8) is 0 Å². The average Bonchev–Trinajstić information content (AvgIpc) is 2.26. The molecule has 5 heteroatoms. The molecule has 2 N–H and O–H groups in total. The Morgan fingerprint density at radius 2 is 2.38 bits per heavy atom. The van der Waals surface area contributed by atoms with E-state index in [2.05, 4.69) is 10.3 Å². The lowest BCUT2D eigenvalue weighted by molar-refractivity contribution is -0.137. The van der Waals surface area contributed by atoms with E-state index in [1.165, 1.54) is 0 Å². The minimum absolute atomic E-state index is 0.129. The number of aliphatic carboxylic acids is 1. The Bertz CT molecular complexity index is 424.